The fourth-order valence-corrected chi connectivity index (χ4v) is 2.03. The van der Waals surface area contributed by atoms with Gasteiger partial charge in [-0.15, -0.1) is 0 Å². The fraction of sp³-hybridized carbons (Fsp3) is 0.500. The molecule has 90 valence electrons. The second-order valence-corrected chi connectivity index (χ2v) is 5.02. The molecule has 1 rings (SSSR count). The van der Waals surface area contributed by atoms with Gasteiger partial charge in [0.1, 0.15) is 0 Å². The van der Waals surface area contributed by atoms with Crippen LogP contribution in [0.3, 0.4) is 0 Å². The number of rotatable bonds is 4. The van der Waals surface area contributed by atoms with E-state index in [1.54, 1.807) is 13.2 Å². The van der Waals surface area contributed by atoms with Gasteiger partial charge in [0.25, 0.3) is 0 Å². The highest BCUT2D eigenvalue weighted by atomic mass is 35.5. The first-order valence-electron chi connectivity index (χ1n) is 5.09. The smallest absolute Gasteiger partial charge is 0.0816 e. The maximum atomic E-state index is 6.01. The molecule has 0 saturated carbocycles. The van der Waals surface area contributed by atoms with Crippen molar-refractivity contribution in [1.82, 2.24) is 5.32 Å². The van der Waals surface area contributed by atoms with Crippen LogP contribution in [-0.2, 0) is 4.74 Å². The van der Waals surface area contributed by atoms with Crippen LogP contribution in [0.2, 0.25) is 10.0 Å². The lowest BCUT2D eigenvalue weighted by molar-refractivity contribution is -0.00898. The second-order valence-electron chi connectivity index (χ2n) is 4.20. The Kier molecular flexibility index (Phi) is 4.62. The SMILES string of the molecule is CNC(c1ccc(Cl)c(Cl)c1)C(C)(C)OC. The maximum absolute atomic E-state index is 6.01. The van der Waals surface area contributed by atoms with Crippen molar-refractivity contribution in [3.63, 3.8) is 0 Å². The predicted molar refractivity (Wildman–Crippen MR) is 69.4 cm³/mol. The number of hydrogen-bond acceptors (Lipinski definition) is 2. The Morgan fingerprint density at radius 3 is 2.31 bits per heavy atom. The van der Waals surface area contributed by atoms with Crippen LogP contribution in [0.15, 0.2) is 18.2 Å². The van der Waals surface area contributed by atoms with E-state index in [1.807, 2.05) is 33.0 Å². The van der Waals surface area contributed by atoms with E-state index < -0.39 is 0 Å². The van der Waals surface area contributed by atoms with Gasteiger partial charge in [0, 0.05) is 7.11 Å². The molecule has 16 heavy (non-hydrogen) atoms. The minimum Gasteiger partial charge on any atom is -0.377 e. The van der Waals surface area contributed by atoms with E-state index in [-0.39, 0.29) is 11.6 Å². The first-order chi connectivity index (χ1) is 7.42. The molecule has 4 heteroatoms. The van der Waals surface area contributed by atoms with E-state index in [0.29, 0.717) is 10.0 Å². The van der Waals surface area contributed by atoms with Gasteiger partial charge in [-0.3, -0.25) is 0 Å². The highest BCUT2D eigenvalue weighted by Gasteiger charge is 2.29. The highest BCUT2D eigenvalue weighted by Crippen LogP contribution is 2.32. The standard InChI is InChI=1S/C12H17Cl2NO/c1-12(2,16-4)11(15-3)8-5-6-9(13)10(14)7-8/h5-7,11,15H,1-4H3. The summed E-state index contributed by atoms with van der Waals surface area (Å²) < 4.78 is 5.48. The van der Waals surface area contributed by atoms with Crippen LogP contribution in [-0.4, -0.2) is 19.8 Å². The third kappa shape index (κ3) is 2.89. The third-order valence-electron chi connectivity index (χ3n) is 2.79. The molecule has 0 aliphatic heterocycles. The lowest BCUT2D eigenvalue weighted by Crippen LogP contribution is -2.39. The topological polar surface area (TPSA) is 21.3 Å². The summed E-state index contributed by atoms with van der Waals surface area (Å²) in [5.41, 5.74) is 0.745. The van der Waals surface area contributed by atoms with Crippen molar-refractivity contribution < 1.29 is 4.74 Å². The maximum Gasteiger partial charge on any atom is 0.0816 e. The second kappa shape index (κ2) is 5.37. The molecule has 0 aliphatic rings. The van der Waals surface area contributed by atoms with Crippen LogP contribution in [0.5, 0.6) is 0 Å². The minimum absolute atomic E-state index is 0.0623. The number of halogens is 2. The molecule has 0 radical (unpaired) electrons. The fourth-order valence-electron chi connectivity index (χ4n) is 1.73. The van der Waals surface area contributed by atoms with E-state index in [1.165, 1.54) is 0 Å². The molecule has 2 nitrogen and oxygen atoms in total. The van der Waals surface area contributed by atoms with Crippen molar-refractivity contribution in [2.75, 3.05) is 14.2 Å². The number of ether oxygens (including phenoxy) is 1. The number of methoxy groups -OCH3 is 1. The van der Waals surface area contributed by atoms with E-state index in [2.05, 4.69) is 5.32 Å². The molecule has 1 aromatic rings. The van der Waals surface area contributed by atoms with Crippen LogP contribution in [0, 0.1) is 0 Å². The monoisotopic (exact) mass is 261 g/mol. The van der Waals surface area contributed by atoms with Crippen molar-refractivity contribution in [3.8, 4) is 0 Å². The summed E-state index contributed by atoms with van der Waals surface area (Å²) in [5, 5.41) is 4.36. The van der Waals surface area contributed by atoms with Crippen LogP contribution in [0.4, 0.5) is 0 Å². The molecular weight excluding hydrogens is 245 g/mol. The van der Waals surface area contributed by atoms with E-state index in [4.69, 9.17) is 27.9 Å². The summed E-state index contributed by atoms with van der Waals surface area (Å²) >= 11 is 11.9. The zero-order chi connectivity index (χ0) is 12.3. The number of nitrogens with one attached hydrogen (secondary N) is 1. The van der Waals surface area contributed by atoms with Crippen molar-refractivity contribution in [2.24, 2.45) is 0 Å². The van der Waals surface area contributed by atoms with Gasteiger partial charge in [0.05, 0.1) is 21.7 Å². The molecule has 0 fully saturated rings. The summed E-state index contributed by atoms with van der Waals surface area (Å²) in [5.74, 6) is 0. The average molecular weight is 262 g/mol. The molecule has 0 aromatic heterocycles. The Morgan fingerprint density at radius 1 is 1.25 bits per heavy atom. The van der Waals surface area contributed by atoms with Crippen LogP contribution >= 0.6 is 23.2 Å². The summed E-state index contributed by atoms with van der Waals surface area (Å²) in [4.78, 5) is 0. The van der Waals surface area contributed by atoms with E-state index in [9.17, 15) is 0 Å². The average Bonchev–Trinajstić information content (AvgIpc) is 2.24. The summed E-state index contributed by atoms with van der Waals surface area (Å²) in [6, 6.07) is 5.68. The zero-order valence-electron chi connectivity index (χ0n) is 9.97. The molecule has 1 aromatic carbocycles. The van der Waals surface area contributed by atoms with Crippen molar-refractivity contribution in [1.29, 1.82) is 0 Å². The molecule has 0 heterocycles. The van der Waals surface area contributed by atoms with Gasteiger partial charge < -0.3 is 10.1 Å². The third-order valence-corrected chi connectivity index (χ3v) is 3.53. The number of hydrogen-bond donors (Lipinski definition) is 1. The molecule has 1 N–H and O–H groups in total. The summed E-state index contributed by atoms with van der Waals surface area (Å²) in [6.07, 6.45) is 0. The van der Waals surface area contributed by atoms with Crippen LogP contribution in [0.1, 0.15) is 25.5 Å². The summed E-state index contributed by atoms with van der Waals surface area (Å²) in [6.45, 7) is 4.05. The molecule has 0 aliphatic carbocycles. The highest BCUT2D eigenvalue weighted by molar-refractivity contribution is 6.42. The first-order valence-corrected chi connectivity index (χ1v) is 5.85. The van der Waals surface area contributed by atoms with Crippen molar-refractivity contribution in [2.45, 2.75) is 25.5 Å². The molecule has 0 amide bonds. The van der Waals surface area contributed by atoms with Gasteiger partial charge in [-0.25, -0.2) is 0 Å². The largest absolute Gasteiger partial charge is 0.377 e. The predicted octanol–water partition coefficient (Wildman–Crippen LogP) is 3.68. The van der Waals surface area contributed by atoms with Crippen molar-refractivity contribution >= 4 is 23.2 Å². The molecule has 0 saturated heterocycles. The Bertz CT molecular complexity index is 366. The normalized spacial score (nSPS) is 13.9. The van der Waals surface area contributed by atoms with Gasteiger partial charge in [0.2, 0.25) is 0 Å². The Labute approximate surface area is 107 Å². The number of benzene rings is 1. The summed E-state index contributed by atoms with van der Waals surface area (Å²) in [7, 11) is 3.59. The molecule has 0 spiro atoms. The van der Waals surface area contributed by atoms with Gasteiger partial charge in [0.15, 0.2) is 0 Å². The number of likely N-dealkylation sites (N-methyl/N-ethyl adjacent to an activating group) is 1. The molecular formula is C12H17Cl2NO. The lowest BCUT2D eigenvalue weighted by atomic mass is 9.92. The van der Waals surface area contributed by atoms with Crippen LogP contribution < -0.4 is 5.32 Å². The Balaban J connectivity index is 3.09. The van der Waals surface area contributed by atoms with Gasteiger partial charge >= 0.3 is 0 Å². The zero-order valence-corrected chi connectivity index (χ0v) is 11.5. The van der Waals surface area contributed by atoms with Gasteiger partial charge in [-0.05, 0) is 38.6 Å². The first kappa shape index (κ1) is 13.8. The van der Waals surface area contributed by atoms with Gasteiger partial charge in [-0.2, -0.15) is 0 Å². The van der Waals surface area contributed by atoms with E-state index in [0.717, 1.165) is 5.56 Å². The van der Waals surface area contributed by atoms with Crippen LogP contribution in [0.25, 0.3) is 0 Å². The van der Waals surface area contributed by atoms with Gasteiger partial charge in [-0.1, -0.05) is 29.3 Å². The quantitative estimate of drug-likeness (QED) is 0.893. The lowest BCUT2D eigenvalue weighted by Gasteiger charge is -2.33. The van der Waals surface area contributed by atoms with E-state index >= 15 is 0 Å². The Morgan fingerprint density at radius 2 is 1.88 bits per heavy atom. The van der Waals surface area contributed by atoms with Crippen molar-refractivity contribution in [3.05, 3.63) is 33.8 Å². The molecule has 0 bridgehead atoms. The minimum atomic E-state index is -0.314. The molecule has 1 unspecified atom stereocenters. The Hall–Kier alpha value is -0.280. The molecule has 1 atom stereocenters.